The van der Waals surface area contributed by atoms with Crippen molar-refractivity contribution in [1.82, 2.24) is 10.2 Å². The molecule has 0 spiro atoms. The maximum Gasteiger partial charge on any atom is 0.273 e. The van der Waals surface area contributed by atoms with Crippen molar-refractivity contribution < 1.29 is 27.7 Å². The van der Waals surface area contributed by atoms with Gasteiger partial charge in [0.2, 0.25) is 11.8 Å². The molecule has 1 N–H and O–H groups in total. The van der Waals surface area contributed by atoms with Gasteiger partial charge in [0.15, 0.2) is 0 Å². The first-order valence-electron chi connectivity index (χ1n) is 14.9. The van der Waals surface area contributed by atoms with Crippen LogP contribution < -0.4 is 14.4 Å². The molecule has 0 saturated heterocycles. The summed E-state index contributed by atoms with van der Waals surface area (Å²) in [4.78, 5) is 40.2. The summed E-state index contributed by atoms with van der Waals surface area (Å²) in [5, 5.41) is 15.2. The van der Waals surface area contributed by atoms with Crippen molar-refractivity contribution in [3.8, 4) is 5.75 Å². The number of anilines is 1. The number of methoxy groups -OCH3 is 1. The summed E-state index contributed by atoms with van der Waals surface area (Å²) >= 11 is 18.8. The Bertz CT molecular complexity index is 1960. The van der Waals surface area contributed by atoms with Gasteiger partial charge >= 0.3 is 0 Å². The third kappa shape index (κ3) is 9.01. The molecule has 2 amide bonds. The number of nitrogens with one attached hydrogen (secondary N) is 1. The highest BCUT2D eigenvalue weighted by Gasteiger charge is 2.36. The number of amides is 2. The molecule has 0 aromatic heterocycles. The first kappa shape index (κ1) is 37.5. The molecule has 0 aliphatic heterocycles. The molecule has 0 bridgehead atoms. The van der Waals surface area contributed by atoms with E-state index in [0.717, 1.165) is 15.9 Å². The maximum absolute atomic E-state index is 14.6. The Balaban J connectivity index is 1.90. The first-order valence-corrected chi connectivity index (χ1v) is 17.5. The smallest absolute Gasteiger partial charge is 0.273 e. The molecule has 0 heterocycles. The summed E-state index contributed by atoms with van der Waals surface area (Å²) in [5.41, 5.74) is 0.988. The van der Waals surface area contributed by atoms with Crippen LogP contribution in [-0.4, -0.2) is 56.3 Å². The van der Waals surface area contributed by atoms with Gasteiger partial charge < -0.3 is 15.0 Å². The molecule has 4 aromatic rings. The largest absolute Gasteiger partial charge is 0.495 e. The molecule has 49 heavy (non-hydrogen) atoms. The number of ether oxygens (including phenoxy) is 1. The summed E-state index contributed by atoms with van der Waals surface area (Å²) in [5.74, 6) is -1.18. The van der Waals surface area contributed by atoms with Crippen molar-refractivity contribution >= 4 is 68.0 Å². The van der Waals surface area contributed by atoms with Crippen LogP contribution in [0.4, 0.5) is 11.4 Å². The minimum Gasteiger partial charge on any atom is -0.495 e. The van der Waals surface area contributed by atoms with Gasteiger partial charge in [-0.2, -0.15) is 0 Å². The minimum atomic E-state index is -4.70. The Labute approximate surface area is 299 Å². The Morgan fingerprint density at radius 2 is 1.65 bits per heavy atom. The second-order valence-electron chi connectivity index (χ2n) is 10.9. The van der Waals surface area contributed by atoms with E-state index in [1.807, 2.05) is 18.2 Å². The average molecular weight is 748 g/mol. The highest BCUT2D eigenvalue weighted by molar-refractivity contribution is 7.92. The van der Waals surface area contributed by atoms with E-state index in [0.29, 0.717) is 5.56 Å². The number of hydrogen-bond acceptors (Lipinski definition) is 7. The number of sulfonamides is 1. The second kappa shape index (κ2) is 16.4. The van der Waals surface area contributed by atoms with E-state index in [9.17, 15) is 28.1 Å². The van der Waals surface area contributed by atoms with E-state index in [-0.39, 0.29) is 51.6 Å². The third-order valence-electron chi connectivity index (χ3n) is 7.61. The molecule has 1 atom stereocenters. The zero-order chi connectivity index (χ0) is 35.9. The summed E-state index contributed by atoms with van der Waals surface area (Å²) < 4.78 is 35.1. The van der Waals surface area contributed by atoms with Crippen molar-refractivity contribution in [3.63, 3.8) is 0 Å². The topological polar surface area (TPSA) is 139 Å². The van der Waals surface area contributed by atoms with Crippen molar-refractivity contribution in [3.05, 3.63) is 127 Å². The van der Waals surface area contributed by atoms with E-state index in [4.69, 9.17) is 39.5 Å². The molecule has 4 rings (SSSR count). The number of benzene rings is 4. The van der Waals surface area contributed by atoms with Gasteiger partial charge in [-0.1, -0.05) is 77.3 Å². The summed E-state index contributed by atoms with van der Waals surface area (Å²) in [6.45, 7) is 2.49. The van der Waals surface area contributed by atoms with Gasteiger partial charge in [0, 0.05) is 36.2 Å². The van der Waals surface area contributed by atoms with Crippen LogP contribution in [0.15, 0.2) is 89.8 Å². The van der Waals surface area contributed by atoms with Crippen LogP contribution in [0.1, 0.15) is 23.6 Å². The van der Waals surface area contributed by atoms with E-state index in [1.54, 1.807) is 37.3 Å². The molecule has 258 valence electrons. The van der Waals surface area contributed by atoms with Crippen molar-refractivity contribution in [1.29, 1.82) is 0 Å². The van der Waals surface area contributed by atoms with Gasteiger partial charge in [-0.25, -0.2) is 8.42 Å². The normalized spacial score (nSPS) is 11.8. The fraction of sp³-hybridized carbons (Fsp3) is 0.235. The number of nitro groups is 1. The van der Waals surface area contributed by atoms with Crippen molar-refractivity contribution in [2.75, 3.05) is 24.5 Å². The molecular formula is C34H33Cl3N4O7S. The predicted molar refractivity (Wildman–Crippen MR) is 190 cm³/mol. The van der Waals surface area contributed by atoms with Gasteiger partial charge in [-0.15, -0.1) is 0 Å². The Morgan fingerprint density at radius 3 is 2.29 bits per heavy atom. The number of nitro benzene ring substituents is 1. The molecule has 0 radical (unpaired) electrons. The highest BCUT2D eigenvalue weighted by atomic mass is 35.5. The molecule has 0 aliphatic rings. The van der Waals surface area contributed by atoms with E-state index < -0.39 is 49.9 Å². The summed E-state index contributed by atoms with van der Waals surface area (Å²) in [6, 6.07) is 20.4. The second-order valence-corrected chi connectivity index (χ2v) is 14.0. The van der Waals surface area contributed by atoms with Crippen LogP contribution in [0.25, 0.3) is 0 Å². The van der Waals surface area contributed by atoms with Crippen LogP contribution in [0, 0.1) is 17.0 Å². The lowest BCUT2D eigenvalue weighted by molar-refractivity contribution is -0.385. The SMILES string of the molecule is CCNC(=O)[C@H](Cc1ccccc1)N(Cc1ccc(Cl)c(Cl)c1)C(=O)CN(c1cc(Cl)ccc1OC)S(=O)(=O)c1ccc(C)c([N+](=O)[O-])c1. The minimum absolute atomic E-state index is 0.0583. The number of hydrogen-bond donors (Lipinski definition) is 1. The third-order valence-corrected chi connectivity index (χ3v) is 10.3. The zero-order valence-electron chi connectivity index (χ0n) is 26.7. The zero-order valence-corrected chi connectivity index (χ0v) is 29.8. The van der Waals surface area contributed by atoms with E-state index >= 15 is 0 Å². The molecule has 0 saturated carbocycles. The number of nitrogens with zero attached hydrogens (tertiary/aromatic N) is 3. The van der Waals surface area contributed by atoms with Crippen LogP contribution >= 0.6 is 34.8 Å². The molecule has 0 aliphatic carbocycles. The maximum atomic E-state index is 14.6. The van der Waals surface area contributed by atoms with Gasteiger partial charge in [0.25, 0.3) is 15.7 Å². The predicted octanol–water partition coefficient (Wildman–Crippen LogP) is 6.84. The number of carbonyl (C=O) groups is 2. The molecule has 15 heteroatoms. The van der Waals surface area contributed by atoms with E-state index in [2.05, 4.69) is 5.32 Å². The first-order chi connectivity index (χ1) is 23.3. The lowest BCUT2D eigenvalue weighted by Crippen LogP contribution is -2.53. The lowest BCUT2D eigenvalue weighted by Gasteiger charge is -2.34. The van der Waals surface area contributed by atoms with Crippen molar-refractivity contribution in [2.24, 2.45) is 0 Å². The molecule has 0 unspecified atom stereocenters. The molecular weight excluding hydrogens is 715 g/mol. The molecule has 11 nitrogen and oxygen atoms in total. The van der Waals surface area contributed by atoms with Crippen LogP contribution in [0.2, 0.25) is 15.1 Å². The van der Waals surface area contributed by atoms with Crippen LogP contribution in [0.3, 0.4) is 0 Å². The quantitative estimate of drug-likeness (QED) is 0.110. The molecule has 0 fully saturated rings. The number of aryl methyl sites for hydroxylation is 1. The van der Waals surface area contributed by atoms with Gasteiger partial charge in [-0.3, -0.25) is 24.0 Å². The van der Waals surface area contributed by atoms with Crippen LogP contribution in [0.5, 0.6) is 5.75 Å². The monoisotopic (exact) mass is 746 g/mol. The highest BCUT2D eigenvalue weighted by Crippen LogP contribution is 2.36. The number of rotatable bonds is 14. The summed E-state index contributed by atoms with van der Waals surface area (Å²) in [6.07, 6.45) is 0.0944. The van der Waals surface area contributed by atoms with Gasteiger partial charge in [0.05, 0.1) is 32.7 Å². The fourth-order valence-corrected chi connectivity index (χ4v) is 7.05. The Kier molecular flexibility index (Phi) is 12.5. The van der Waals surface area contributed by atoms with Gasteiger partial charge in [-0.05, 0) is 61.4 Å². The Hall–Kier alpha value is -4.36. The van der Waals surface area contributed by atoms with Crippen molar-refractivity contribution in [2.45, 2.75) is 37.8 Å². The average Bonchev–Trinajstić information content (AvgIpc) is 3.07. The van der Waals surface area contributed by atoms with Crippen LogP contribution in [-0.2, 0) is 32.6 Å². The number of likely N-dealkylation sites (N-methyl/N-ethyl adjacent to an activating group) is 1. The Morgan fingerprint density at radius 1 is 0.939 bits per heavy atom. The number of carbonyl (C=O) groups excluding carboxylic acids is 2. The van der Waals surface area contributed by atoms with E-state index in [1.165, 1.54) is 49.3 Å². The molecule has 4 aromatic carbocycles. The standard InChI is InChI=1S/C34H33Cl3N4O7S/c1-4-38-34(43)31(17-23-8-6-5-7-9-23)39(20-24-11-14-27(36)28(37)16-24)33(42)21-40(30-18-25(35)12-15-32(30)48-3)49(46,47)26-13-10-22(2)29(19-26)41(44)45/h5-16,18-19,31H,4,17,20-21H2,1-3H3,(H,38,43)/t31-/m0/s1. The fourth-order valence-electron chi connectivity index (χ4n) is 5.13. The summed E-state index contributed by atoms with van der Waals surface area (Å²) in [7, 11) is -3.38. The lowest BCUT2D eigenvalue weighted by atomic mass is 10.0. The number of halogens is 3. The van der Waals surface area contributed by atoms with Gasteiger partial charge in [0.1, 0.15) is 18.3 Å².